The first kappa shape index (κ1) is 19.1. The summed E-state index contributed by atoms with van der Waals surface area (Å²) in [6.07, 6.45) is 6.98. The highest BCUT2D eigenvalue weighted by atomic mass is 16.6. The fourth-order valence-electron chi connectivity index (χ4n) is 3.73. The SMILES string of the molecule is Cc1nn(Cc2ccc(C(=O)NC3CCCCCC3)cc2)c(C)c1[N+](=O)[O-]. The van der Waals surface area contributed by atoms with Gasteiger partial charge in [-0.05, 0) is 44.4 Å². The second kappa shape index (κ2) is 8.33. The van der Waals surface area contributed by atoms with E-state index < -0.39 is 4.92 Å². The lowest BCUT2D eigenvalue weighted by atomic mass is 10.1. The zero-order valence-corrected chi connectivity index (χ0v) is 15.9. The standard InChI is InChI=1S/C20H26N4O3/c1-14-19(24(26)27)15(2)23(22-14)13-16-9-11-17(12-10-16)20(25)21-18-7-5-3-4-6-8-18/h9-12,18H,3-8,13H2,1-2H3,(H,21,25). The second-order valence-corrected chi connectivity index (χ2v) is 7.29. The van der Waals surface area contributed by atoms with E-state index in [1.165, 1.54) is 25.7 Å². The van der Waals surface area contributed by atoms with Gasteiger partial charge in [0.05, 0.1) is 11.5 Å². The van der Waals surface area contributed by atoms with Gasteiger partial charge in [0.15, 0.2) is 0 Å². The number of nitrogens with zero attached hydrogens (tertiary/aromatic N) is 3. The highest BCUT2D eigenvalue weighted by molar-refractivity contribution is 5.94. The molecule has 0 spiro atoms. The molecule has 2 aromatic rings. The molecule has 1 N–H and O–H groups in total. The highest BCUT2D eigenvalue weighted by Gasteiger charge is 2.21. The lowest BCUT2D eigenvalue weighted by Gasteiger charge is -2.16. The third-order valence-electron chi connectivity index (χ3n) is 5.26. The molecule has 0 bridgehead atoms. The first-order valence-corrected chi connectivity index (χ1v) is 9.54. The van der Waals surface area contributed by atoms with Crippen LogP contribution in [0, 0.1) is 24.0 Å². The van der Waals surface area contributed by atoms with Gasteiger partial charge in [0.25, 0.3) is 5.91 Å². The van der Waals surface area contributed by atoms with Crippen LogP contribution >= 0.6 is 0 Å². The number of nitrogens with one attached hydrogen (secondary N) is 1. The van der Waals surface area contributed by atoms with E-state index in [0.29, 0.717) is 23.5 Å². The van der Waals surface area contributed by atoms with Gasteiger partial charge in [-0.1, -0.05) is 37.8 Å². The molecule has 144 valence electrons. The maximum atomic E-state index is 12.5. The Morgan fingerprint density at radius 2 is 1.81 bits per heavy atom. The third-order valence-corrected chi connectivity index (χ3v) is 5.26. The lowest BCUT2D eigenvalue weighted by Crippen LogP contribution is -2.34. The predicted octanol–water partition coefficient (Wildman–Crippen LogP) is 3.91. The summed E-state index contributed by atoms with van der Waals surface area (Å²) in [5, 5.41) is 18.5. The zero-order chi connectivity index (χ0) is 19.4. The maximum absolute atomic E-state index is 12.5. The van der Waals surface area contributed by atoms with Crippen molar-refractivity contribution in [3.63, 3.8) is 0 Å². The summed E-state index contributed by atoms with van der Waals surface area (Å²) < 4.78 is 1.63. The Kier molecular flexibility index (Phi) is 5.88. The normalized spacial score (nSPS) is 15.3. The minimum Gasteiger partial charge on any atom is -0.349 e. The molecule has 3 rings (SSSR count). The number of hydrogen-bond acceptors (Lipinski definition) is 4. The minimum atomic E-state index is -0.394. The van der Waals surface area contributed by atoms with Crippen molar-refractivity contribution >= 4 is 11.6 Å². The van der Waals surface area contributed by atoms with Crippen molar-refractivity contribution in [2.45, 2.75) is 65.0 Å². The average Bonchev–Trinajstić information content (AvgIpc) is 2.80. The molecule has 0 saturated heterocycles. The van der Waals surface area contributed by atoms with Crippen LogP contribution in [0.3, 0.4) is 0 Å². The molecule has 0 atom stereocenters. The average molecular weight is 370 g/mol. The number of aromatic nitrogens is 2. The molecule has 1 aliphatic rings. The van der Waals surface area contributed by atoms with E-state index in [-0.39, 0.29) is 17.6 Å². The van der Waals surface area contributed by atoms with E-state index in [0.717, 1.165) is 18.4 Å². The molecule has 1 aromatic heterocycles. The van der Waals surface area contributed by atoms with Crippen molar-refractivity contribution in [2.75, 3.05) is 0 Å². The quantitative estimate of drug-likeness (QED) is 0.491. The van der Waals surface area contributed by atoms with Crippen LogP contribution in [0.1, 0.15) is 65.8 Å². The Labute approximate surface area is 158 Å². The molecule has 1 heterocycles. The summed E-state index contributed by atoms with van der Waals surface area (Å²) >= 11 is 0. The molecule has 1 aliphatic carbocycles. The number of amides is 1. The molecule has 7 nitrogen and oxygen atoms in total. The number of rotatable bonds is 5. The first-order valence-electron chi connectivity index (χ1n) is 9.54. The van der Waals surface area contributed by atoms with Crippen LogP contribution in [0.25, 0.3) is 0 Å². The Balaban J connectivity index is 1.66. The summed E-state index contributed by atoms with van der Waals surface area (Å²) in [7, 11) is 0. The molecular formula is C20H26N4O3. The summed E-state index contributed by atoms with van der Waals surface area (Å²) in [6.45, 7) is 3.78. The summed E-state index contributed by atoms with van der Waals surface area (Å²) in [5.74, 6) is -0.0322. The maximum Gasteiger partial charge on any atom is 0.312 e. The number of benzene rings is 1. The summed E-state index contributed by atoms with van der Waals surface area (Å²) in [6, 6.07) is 7.65. The van der Waals surface area contributed by atoms with Crippen LogP contribution in [0.4, 0.5) is 5.69 Å². The monoisotopic (exact) mass is 370 g/mol. The van der Waals surface area contributed by atoms with Crippen LogP contribution in [0.5, 0.6) is 0 Å². The smallest absolute Gasteiger partial charge is 0.312 e. The van der Waals surface area contributed by atoms with Crippen LogP contribution in [-0.2, 0) is 6.54 Å². The second-order valence-electron chi connectivity index (χ2n) is 7.29. The van der Waals surface area contributed by atoms with Gasteiger partial charge in [0.2, 0.25) is 0 Å². The molecule has 7 heteroatoms. The largest absolute Gasteiger partial charge is 0.349 e. The van der Waals surface area contributed by atoms with E-state index in [4.69, 9.17) is 0 Å². The number of carbonyl (C=O) groups is 1. The Morgan fingerprint density at radius 3 is 2.37 bits per heavy atom. The van der Waals surface area contributed by atoms with Gasteiger partial charge < -0.3 is 5.32 Å². The predicted molar refractivity (Wildman–Crippen MR) is 103 cm³/mol. The number of carbonyl (C=O) groups excluding carboxylic acids is 1. The first-order chi connectivity index (χ1) is 13.0. The number of hydrogen-bond donors (Lipinski definition) is 1. The molecule has 1 fully saturated rings. The van der Waals surface area contributed by atoms with Gasteiger partial charge in [-0.15, -0.1) is 0 Å². The van der Waals surface area contributed by atoms with Crippen molar-refractivity contribution in [3.8, 4) is 0 Å². The molecule has 0 aliphatic heterocycles. The van der Waals surface area contributed by atoms with Crippen molar-refractivity contribution in [1.82, 2.24) is 15.1 Å². The Hall–Kier alpha value is -2.70. The fourth-order valence-corrected chi connectivity index (χ4v) is 3.73. The highest BCUT2D eigenvalue weighted by Crippen LogP contribution is 2.23. The van der Waals surface area contributed by atoms with E-state index in [2.05, 4.69) is 10.4 Å². The number of nitro groups is 1. The summed E-state index contributed by atoms with van der Waals surface area (Å²) in [4.78, 5) is 23.2. The van der Waals surface area contributed by atoms with Crippen molar-refractivity contribution in [1.29, 1.82) is 0 Å². The van der Waals surface area contributed by atoms with E-state index >= 15 is 0 Å². The van der Waals surface area contributed by atoms with Crippen molar-refractivity contribution in [2.24, 2.45) is 0 Å². The van der Waals surface area contributed by atoms with Gasteiger partial charge in [-0.3, -0.25) is 19.6 Å². The molecule has 1 saturated carbocycles. The number of aryl methyl sites for hydroxylation is 1. The van der Waals surface area contributed by atoms with Crippen LogP contribution in [-0.4, -0.2) is 26.7 Å². The van der Waals surface area contributed by atoms with Crippen LogP contribution in [0.15, 0.2) is 24.3 Å². The van der Waals surface area contributed by atoms with E-state index in [1.807, 2.05) is 24.3 Å². The van der Waals surface area contributed by atoms with Gasteiger partial charge in [0.1, 0.15) is 11.4 Å². The fraction of sp³-hybridized carbons (Fsp3) is 0.500. The third kappa shape index (κ3) is 4.53. The van der Waals surface area contributed by atoms with Crippen molar-refractivity contribution in [3.05, 3.63) is 56.9 Å². The molecule has 1 amide bonds. The molecule has 27 heavy (non-hydrogen) atoms. The molecule has 0 unspecified atom stereocenters. The molecular weight excluding hydrogens is 344 g/mol. The Bertz CT molecular complexity index is 818. The topological polar surface area (TPSA) is 90.1 Å². The van der Waals surface area contributed by atoms with E-state index in [9.17, 15) is 14.9 Å². The van der Waals surface area contributed by atoms with Crippen LogP contribution < -0.4 is 5.32 Å². The zero-order valence-electron chi connectivity index (χ0n) is 15.9. The minimum absolute atomic E-state index is 0.0322. The van der Waals surface area contributed by atoms with Gasteiger partial charge in [-0.2, -0.15) is 5.10 Å². The van der Waals surface area contributed by atoms with E-state index in [1.54, 1.807) is 18.5 Å². The van der Waals surface area contributed by atoms with Gasteiger partial charge in [-0.25, -0.2) is 0 Å². The Morgan fingerprint density at radius 1 is 1.19 bits per heavy atom. The molecule has 1 aromatic carbocycles. The summed E-state index contributed by atoms with van der Waals surface area (Å²) in [5.41, 5.74) is 2.60. The molecule has 0 radical (unpaired) electrons. The lowest BCUT2D eigenvalue weighted by molar-refractivity contribution is -0.386. The van der Waals surface area contributed by atoms with Gasteiger partial charge in [0, 0.05) is 11.6 Å². The van der Waals surface area contributed by atoms with Gasteiger partial charge >= 0.3 is 5.69 Å². The van der Waals surface area contributed by atoms with Crippen LogP contribution in [0.2, 0.25) is 0 Å². The van der Waals surface area contributed by atoms with Crippen molar-refractivity contribution < 1.29 is 9.72 Å².